The van der Waals surface area contributed by atoms with Crippen LogP contribution in [-0.2, 0) is 12.8 Å². The molecule has 1 aliphatic carbocycles. The van der Waals surface area contributed by atoms with Gasteiger partial charge in [0.25, 0.3) is 0 Å². The number of hydrogen-bond donors (Lipinski definition) is 0. The molecule has 1 aliphatic rings. The molecule has 37 heavy (non-hydrogen) atoms. The number of rotatable bonds is 11. The Hall–Kier alpha value is -2.93. The third-order valence-electron chi connectivity index (χ3n) is 8.20. The molecule has 1 atom stereocenters. The fourth-order valence-corrected chi connectivity index (χ4v) is 5.75. The minimum absolute atomic E-state index is 0.151. The van der Waals surface area contributed by atoms with Crippen LogP contribution < -0.4 is 0 Å². The van der Waals surface area contributed by atoms with Gasteiger partial charge in [-0.2, -0.15) is 0 Å². The average Bonchev–Trinajstić information content (AvgIpc) is 2.93. The van der Waals surface area contributed by atoms with Gasteiger partial charge in [-0.25, -0.2) is 4.39 Å². The first kappa shape index (κ1) is 27.1. The van der Waals surface area contributed by atoms with Crippen LogP contribution in [0, 0.1) is 17.7 Å². The van der Waals surface area contributed by atoms with E-state index < -0.39 is 0 Å². The van der Waals surface area contributed by atoms with Crippen LogP contribution in [0.3, 0.4) is 0 Å². The monoisotopic (exact) mass is 494 g/mol. The Morgan fingerprint density at radius 2 is 1.49 bits per heavy atom. The van der Waals surface area contributed by atoms with Gasteiger partial charge in [0.2, 0.25) is 0 Å². The van der Waals surface area contributed by atoms with Crippen molar-refractivity contribution in [2.45, 2.75) is 77.6 Å². The van der Waals surface area contributed by atoms with Gasteiger partial charge in [-0.1, -0.05) is 124 Å². The molecule has 0 spiro atoms. The highest BCUT2D eigenvalue weighted by atomic mass is 19.1. The Balaban J connectivity index is 1.23. The minimum Gasteiger partial charge on any atom is -0.206 e. The molecule has 1 saturated carbocycles. The number of hydrogen-bond acceptors (Lipinski definition) is 0. The highest BCUT2D eigenvalue weighted by Gasteiger charge is 2.20. The van der Waals surface area contributed by atoms with E-state index in [2.05, 4.69) is 80.6 Å². The summed E-state index contributed by atoms with van der Waals surface area (Å²) in [7, 11) is 0. The second kappa shape index (κ2) is 14.1. The van der Waals surface area contributed by atoms with E-state index in [1.807, 2.05) is 24.3 Å². The summed E-state index contributed by atoms with van der Waals surface area (Å²) in [5, 5.41) is 0. The molecule has 0 N–H and O–H groups in total. The van der Waals surface area contributed by atoms with Crippen LogP contribution in [0.2, 0.25) is 0 Å². The standard InChI is InChI=1S/C36H43F/c1-3-4-6-9-29-12-14-30(15-13-29)16-17-31-18-20-32(21-19-31)22-24-35-25-23-33(27-36(35)37)26-28(2)34-10-7-5-8-11-34/h3-5,7-8,10-11,18-25,27-30H,6,9,12-17,26H2,1-2H3/b4-3+,24-22?/t28-,29?,30?/m0/s1. The highest BCUT2D eigenvalue weighted by Crippen LogP contribution is 2.34. The van der Waals surface area contributed by atoms with Crippen LogP contribution >= 0.6 is 0 Å². The van der Waals surface area contributed by atoms with Crippen molar-refractivity contribution in [3.63, 3.8) is 0 Å². The van der Waals surface area contributed by atoms with Crippen LogP contribution in [-0.4, -0.2) is 0 Å². The molecule has 0 aromatic heterocycles. The zero-order chi connectivity index (χ0) is 25.9. The molecule has 3 aromatic rings. The van der Waals surface area contributed by atoms with Crippen molar-refractivity contribution in [3.05, 3.63) is 119 Å². The van der Waals surface area contributed by atoms with Gasteiger partial charge in [0, 0.05) is 5.56 Å². The highest BCUT2D eigenvalue weighted by molar-refractivity contribution is 5.70. The van der Waals surface area contributed by atoms with Gasteiger partial charge in [-0.15, -0.1) is 0 Å². The first-order valence-electron chi connectivity index (χ1n) is 14.3. The second-order valence-corrected chi connectivity index (χ2v) is 11.0. The fourth-order valence-electron chi connectivity index (χ4n) is 5.75. The van der Waals surface area contributed by atoms with Crippen LogP contribution in [0.4, 0.5) is 4.39 Å². The van der Waals surface area contributed by atoms with Gasteiger partial charge in [0.1, 0.15) is 5.82 Å². The largest absolute Gasteiger partial charge is 0.206 e. The Morgan fingerprint density at radius 1 is 0.811 bits per heavy atom. The molecule has 1 fully saturated rings. The number of aryl methyl sites for hydroxylation is 1. The van der Waals surface area contributed by atoms with E-state index in [1.165, 1.54) is 56.1 Å². The Kier molecular flexibility index (Phi) is 10.4. The molecule has 3 aromatic carbocycles. The van der Waals surface area contributed by atoms with Gasteiger partial charge in [0.15, 0.2) is 0 Å². The Bertz CT molecular complexity index is 1130. The van der Waals surface area contributed by atoms with Crippen molar-refractivity contribution < 1.29 is 4.39 Å². The van der Waals surface area contributed by atoms with Crippen molar-refractivity contribution >= 4 is 12.2 Å². The summed E-state index contributed by atoms with van der Waals surface area (Å²) < 4.78 is 14.8. The summed E-state index contributed by atoms with van der Waals surface area (Å²) in [6.45, 7) is 4.31. The smallest absolute Gasteiger partial charge is 0.130 e. The molecule has 0 nitrogen and oxygen atoms in total. The van der Waals surface area contributed by atoms with Crippen molar-refractivity contribution in [3.8, 4) is 0 Å². The summed E-state index contributed by atoms with van der Waals surface area (Å²) in [4.78, 5) is 0. The van der Waals surface area contributed by atoms with Gasteiger partial charge < -0.3 is 0 Å². The first-order chi connectivity index (χ1) is 18.1. The average molecular weight is 495 g/mol. The third kappa shape index (κ3) is 8.56. The molecule has 0 unspecified atom stereocenters. The second-order valence-electron chi connectivity index (χ2n) is 11.0. The molecular formula is C36H43F. The maximum Gasteiger partial charge on any atom is 0.130 e. The quantitative estimate of drug-likeness (QED) is 0.184. The van der Waals surface area contributed by atoms with E-state index in [9.17, 15) is 4.39 Å². The summed E-state index contributed by atoms with van der Waals surface area (Å²) in [5.74, 6) is 2.04. The van der Waals surface area contributed by atoms with Crippen LogP contribution in [0.15, 0.2) is 84.9 Å². The molecule has 1 heteroatoms. The fraction of sp³-hybridized carbons (Fsp3) is 0.389. The number of halogens is 1. The Labute approximate surface area is 224 Å². The van der Waals surface area contributed by atoms with E-state index >= 15 is 0 Å². The lowest BCUT2D eigenvalue weighted by molar-refractivity contribution is 0.254. The lowest BCUT2D eigenvalue weighted by Gasteiger charge is -2.28. The summed E-state index contributed by atoms with van der Waals surface area (Å²) in [5.41, 5.74) is 5.50. The molecule has 0 saturated heterocycles. The van der Waals surface area contributed by atoms with E-state index in [-0.39, 0.29) is 5.82 Å². The lowest BCUT2D eigenvalue weighted by atomic mass is 9.78. The molecular weight excluding hydrogens is 451 g/mol. The maximum absolute atomic E-state index is 14.8. The van der Waals surface area contributed by atoms with Crippen LogP contribution in [0.5, 0.6) is 0 Å². The molecule has 0 aliphatic heterocycles. The van der Waals surface area contributed by atoms with Crippen molar-refractivity contribution in [1.82, 2.24) is 0 Å². The predicted molar refractivity (Wildman–Crippen MR) is 158 cm³/mol. The molecule has 0 radical (unpaired) electrons. The Morgan fingerprint density at radius 3 is 2.16 bits per heavy atom. The van der Waals surface area contributed by atoms with Gasteiger partial charge in [-0.05, 0) is 85.1 Å². The molecule has 0 amide bonds. The maximum atomic E-state index is 14.8. The van der Waals surface area contributed by atoms with E-state index in [4.69, 9.17) is 0 Å². The zero-order valence-electron chi connectivity index (χ0n) is 22.7. The van der Waals surface area contributed by atoms with Gasteiger partial charge >= 0.3 is 0 Å². The number of allylic oxidation sites excluding steroid dienone is 2. The van der Waals surface area contributed by atoms with Crippen molar-refractivity contribution in [2.24, 2.45) is 11.8 Å². The van der Waals surface area contributed by atoms with Gasteiger partial charge in [-0.3, -0.25) is 0 Å². The summed E-state index contributed by atoms with van der Waals surface area (Å²) >= 11 is 0. The topological polar surface area (TPSA) is 0 Å². The minimum atomic E-state index is -0.151. The molecule has 0 bridgehead atoms. The van der Waals surface area contributed by atoms with E-state index in [0.29, 0.717) is 11.5 Å². The first-order valence-corrected chi connectivity index (χ1v) is 14.3. The molecule has 4 rings (SSSR count). The zero-order valence-corrected chi connectivity index (χ0v) is 22.7. The molecule has 194 valence electrons. The molecule has 0 heterocycles. The summed E-state index contributed by atoms with van der Waals surface area (Å²) in [6, 6.07) is 24.9. The van der Waals surface area contributed by atoms with Crippen LogP contribution in [0.1, 0.15) is 92.5 Å². The van der Waals surface area contributed by atoms with Gasteiger partial charge in [0.05, 0.1) is 0 Å². The normalized spacial score (nSPS) is 19.0. The SMILES string of the molecule is C/C=C/CCC1CCC(CCc2ccc(C=Cc3ccc(C[C@H](C)c4ccccc4)cc3F)cc2)CC1. The summed E-state index contributed by atoms with van der Waals surface area (Å²) in [6.07, 6.45) is 19.9. The van der Waals surface area contributed by atoms with E-state index in [0.717, 1.165) is 35.8 Å². The van der Waals surface area contributed by atoms with Crippen molar-refractivity contribution in [1.29, 1.82) is 0 Å². The third-order valence-corrected chi connectivity index (χ3v) is 8.20. The predicted octanol–water partition coefficient (Wildman–Crippen LogP) is 10.4. The van der Waals surface area contributed by atoms with Crippen LogP contribution in [0.25, 0.3) is 12.2 Å². The lowest BCUT2D eigenvalue weighted by Crippen LogP contribution is -2.15. The van der Waals surface area contributed by atoms with E-state index in [1.54, 1.807) is 6.07 Å². The number of benzene rings is 3. The van der Waals surface area contributed by atoms with Crippen molar-refractivity contribution in [2.75, 3.05) is 0 Å².